The summed E-state index contributed by atoms with van der Waals surface area (Å²) in [5.74, 6) is -0.185. The van der Waals surface area contributed by atoms with Gasteiger partial charge in [0.1, 0.15) is 10.9 Å². The van der Waals surface area contributed by atoms with Gasteiger partial charge in [-0.2, -0.15) is 0 Å². The van der Waals surface area contributed by atoms with Gasteiger partial charge in [0.05, 0.1) is 10.6 Å². The molecule has 8 heteroatoms. The Bertz CT molecular complexity index is 984. The second kappa shape index (κ2) is 7.12. The van der Waals surface area contributed by atoms with Crippen LogP contribution in [0.3, 0.4) is 0 Å². The van der Waals surface area contributed by atoms with Crippen LogP contribution < -0.4 is 5.73 Å². The number of H-pyrrole nitrogens is 1. The van der Waals surface area contributed by atoms with Crippen LogP contribution in [0.4, 0.5) is 0 Å². The third-order valence-corrected chi connectivity index (χ3v) is 6.21. The minimum atomic E-state index is -3.80. The van der Waals surface area contributed by atoms with Gasteiger partial charge < -0.3 is 10.7 Å². The first-order valence-electron chi connectivity index (χ1n) is 7.35. The molecule has 0 aliphatic rings. The Morgan fingerprint density at radius 2 is 1.64 bits per heavy atom. The van der Waals surface area contributed by atoms with Gasteiger partial charge in [0.2, 0.25) is 15.7 Å². The fourth-order valence-electron chi connectivity index (χ4n) is 2.21. The van der Waals surface area contributed by atoms with Crippen molar-refractivity contribution >= 4 is 27.5 Å². The number of hydrogen-bond acceptors (Lipinski definition) is 5. The molecule has 0 unspecified atom stereocenters. The summed E-state index contributed by atoms with van der Waals surface area (Å²) >= 11 is 0.996. The summed E-state index contributed by atoms with van der Waals surface area (Å²) in [6.07, 6.45) is 0. The maximum Gasteiger partial charge on any atom is 0.227 e. The molecule has 0 aliphatic heterocycles. The number of amides is 1. The minimum absolute atomic E-state index is 0.0381. The molecule has 3 rings (SSSR count). The lowest BCUT2D eigenvalue weighted by molar-refractivity contribution is -0.115. The molecule has 0 saturated heterocycles. The molecule has 0 bridgehead atoms. The topological polar surface area (TPSA) is 106 Å². The van der Waals surface area contributed by atoms with E-state index >= 15 is 0 Å². The Morgan fingerprint density at radius 1 is 1.04 bits per heavy atom. The molecule has 0 spiro atoms. The van der Waals surface area contributed by atoms with Gasteiger partial charge in [0.15, 0.2) is 5.03 Å². The highest BCUT2D eigenvalue weighted by Crippen LogP contribution is 2.31. The molecule has 0 radical (unpaired) electrons. The molecule has 1 amide bonds. The van der Waals surface area contributed by atoms with E-state index in [2.05, 4.69) is 9.97 Å². The molecule has 0 atom stereocenters. The van der Waals surface area contributed by atoms with Crippen LogP contribution in [0.25, 0.3) is 11.4 Å². The highest BCUT2D eigenvalue weighted by atomic mass is 32.2. The van der Waals surface area contributed by atoms with Crippen molar-refractivity contribution in [3.05, 3.63) is 60.7 Å². The number of nitrogens with two attached hydrogens (primary N) is 1. The second-order valence-corrected chi connectivity index (χ2v) is 8.01. The van der Waals surface area contributed by atoms with E-state index in [1.807, 2.05) is 30.3 Å². The highest BCUT2D eigenvalue weighted by Gasteiger charge is 2.26. The Labute approximate surface area is 149 Å². The van der Waals surface area contributed by atoms with E-state index < -0.39 is 15.7 Å². The van der Waals surface area contributed by atoms with Crippen LogP contribution in [0.15, 0.2) is 75.6 Å². The van der Waals surface area contributed by atoms with Gasteiger partial charge in [-0.15, -0.1) is 0 Å². The summed E-state index contributed by atoms with van der Waals surface area (Å²) in [5.41, 5.74) is 5.93. The van der Waals surface area contributed by atoms with Gasteiger partial charge in [0.25, 0.3) is 0 Å². The van der Waals surface area contributed by atoms with Crippen LogP contribution in [-0.4, -0.2) is 30.0 Å². The van der Waals surface area contributed by atoms with Gasteiger partial charge in [-0.3, -0.25) is 4.79 Å². The zero-order valence-electron chi connectivity index (χ0n) is 13.0. The van der Waals surface area contributed by atoms with Crippen molar-refractivity contribution in [2.45, 2.75) is 14.9 Å². The Kier molecular flexibility index (Phi) is 4.91. The van der Waals surface area contributed by atoms with Crippen LogP contribution in [0.5, 0.6) is 0 Å². The standard InChI is InChI=1S/C17H15N3O3S2/c18-14(21)11-24-16-17(25(22,23)13-9-5-2-6-10-13)20-15(19-16)12-7-3-1-4-8-12/h1-10H,11H2,(H2,18,21)(H,19,20). The van der Waals surface area contributed by atoms with Crippen molar-refractivity contribution in [3.63, 3.8) is 0 Å². The number of sulfone groups is 1. The number of nitrogens with one attached hydrogen (secondary N) is 1. The van der Waals surface area contributed by atoms with Gasteiger partial charge in [-0.25, -0.2) is 13.4 Å². The molecule has 128 valence electrons. The fourth-order valence-corrected chi connectivity index (χ4v) is 4.59. The van der Waals surface area contributed by atoms with E-state index in [4.69, 9.17) is 5.73 Å². The van der Waals surface area contributed by atoms with Gasteiger partial charge in [-0.05, 0) is 12.1 Å². The Hall–Kier alpha value is -2.58. The molecule has 0 aliphatic carbocycles. The molecule has 0 saturated carbocycles. The number of rotatable bonds is 6. The first-order valence-corrected chi connectivity index (χ1v) is 9.82. The van der Waals surface area contributed by atoms with Crippen LogP contribution in [0.2, 0.25) is 0 Å². The van der Waals surface area contributed by atoms with Crippen molar-refractivity contribution in [2.75, 3.05) is 5.75 Å². The number of carbonyl (C=O) groups is 1. The minimum Gasteiger partial charge on any atom is -0.369 e. The first kappa shape index (κ1) is 17.2. The number of carbonyl (C=O) groups excluding carboxylic acids is 1. The first-order chi connectivity index (χ1) is 12.0. The summed E-state index contributed by atoms with van der Waals surface area (Å²) in [5, 5.41) is 0.185. The van der Waals surface area contributed by atoms with E-state index in [0.717, 1.165) is 17.3 Å². The molecule has 25 heavy (non-hydrogen) atoms. The lowest BCUT2D eigenvalue weighted by Gasteiger charge is -2.04. The molecule has 3 N–H and O–H groups in total. The predicted molar refractivity (Wildman–Crippen MR) is 95.8 cm³/mol. The summed E-state index contributed by atoms with van der Waals surface area (Å²) < 4.78 is 25.9. The molecule has 6 nitrogen and oxygen atoms in total. The number of nitrogens with zero attached hydrogens (tertiary/aromatic N) is 1. The van der Waals surface area contributed by atoms with Crippen molar-refractivity contribution in [3.8, 4) is 11.4 Å². The molecule has 0 fully saturated rings. The smallest absolute Gasteiger partial charge is 0.227 e. The average molecular weight is 373 g/mol. The highest BCUT2D eigenvalue weighted by molar-refractivity contribution is 8.00. The normalized spacial score (nSPS) is 11.4. The van der Waals surface area contributed by atoms with Crippen molar-refractivity contribution in [2.24, 2.45) is 5.73 Å². The van der Waals surface area contributed by atoms with Crippen LogP contribution in [0, 0.1) is 0 Å². The van der Waals surface area contributed by atoms with Crippen molar-refractivity contribution < 1.29 is 13.2 Å². The van der Waals surface area contributed by atoms with Crippen LogP contribution >= 0.6 is 11.8 Å². The van der Waals surface area contributed by atoms with E-state index in [0.29, 0.717) is 5.82 Å². The van der Waals surface area contributed by atoms with E-state index in [1.165, 1.54) is 12.1 Å². The second-order valence-electron chi connectivity index (χ2n) is 5.16. The molecule has 1 heterocycles. The monoisotopic (exact) mass is 373 g/mol. The van der Waals surface area contributed by atoms with E-state index in [1.54, 1.807) is 18.2 Å². The summed E-state index contributed by atoms with van der Waals surface area (Å²) in [7, 11) is -3.80. The van der Waals surface area contributed by atoms with Crippen LogP contribution in [-0.2, 0) is 14.6 Å². The van der Waals surface area contributed by atoms with Crippen molar-refractivity contribution in [1.82, 2.24) is 9.97 Å². The quantitative estimate of drug-likeness (QED) is 0.646. The van der Waals surface area contributed by atoms with Crippen molar-refractivity contribution in [1.29, 1.82) is 0 Å². The molecular formula is C17H15N3O3S2. The SMILES string of the molecule is NC(=O)CSc1nc(-c2ccccc2)[nH]c1S(=O)(=O)c1ccccc1. The number of aromatic nitrogens is 2. The third kappa shape index (κ3) is 3.75. The Morgan fingerprint density at radius 3 is 2.24 bits per heavy atom. The number of hydrogen-bond donors (Lipinski definition) is 2. The summed E-state index contributed by atoms with van der Waals surface area (Å²) in [6.45, 7) is 0. The number of thioether (sulfide) groups is 1. The number of imidazole rings is 1. The predicted octanol–water partition coefficient (Wildman–Crippen LogP) is 2.49. The third-order valence-electron chi connectivity index (χ3n) is 3.36. The van der Waals surface area contributed by atoms with Gasteiger partial charge in [-0.1, -0.05) is 60.3 Å². The molecule has 2 aromatic carbocycles. The number of primary amides is 1. The zero-order chi connectivity index (χ0) is 17.9. The maximum atomic E-state index is 12.9. The average Bonchev–Trinajstić information content (AvgIpc) is 3.07. The number of aromatic amines is 1. The zero-order valence-corrected chi connectivity index (χ0v) is 14.7. The summed E-state index contributed by atoms with van der Waals surface area (Å²) in [6, 6.07) is 17.2. The largest absolute Gasteiger partial charge is 0.369 e. The molecule has 1 aromatic heterocycles. The van der Waals surface area contributed by atoms with E-state index in [9.17, 15) is 13.2 Å². The van der Waals surface area contributed by atoms with Gasteiger partial charge >= 0.3 is 0 Å². The fraction of sp³-hybridized carbons (Fsp3) is 0.0588. The van der Waals surface area contributed by atoms with Gasteiger partial charge in [0, 0.05) is 5.56 Å². The Balaban J connectivity index is 2.10. The molecular weight excluding hydrogens is 358 g/mol. The lowest BCUT2D eigenvalue weighted by atomic mass is 10.2. The number of benzene rings is 2. The van der Waals surface area contributed by atoms with E-state index in [-0.39, 0.29) is 20.7 Å². The lowest BCUT2D eigenvalue weighted by Crippen LogP contribution is -2.13. The molecule has 3 aromatic rings. The maximum absolute atomic E-state index is 12.9. The van der Waals surface area contributed by atoms with Crippen LogP contribution in [0.1, 0.15) is 0 Å². The summed E-state index contributed by atoms with van der Waals surface area (Å²) in [4.78, 5) is 18.5.